The van der Waals surface area contributed by atoms with Crippen molar-refractivity contribution in [2.24, 2.45) is 5.73 Å². The summed E-state index contributed by atoms with van der Waals surface area (Å²) in [6, 6.07) is 5.34. The van der Waals surface area contributed by atoms with Crippen LogP contribution in [0.15, 0.2) is 23.1 Å². The van der Waals surface area contributed by atoms with Gasteiger partial charge in [0.2, 0.25) is 10.0 Å². The molecule has 2 aromatic rings. The molecule has 1 aliphatic rings. The molecule has 0 bridgehead atoms. The van der Waals surface area contributed by atoms with Crippen molar-refractivity contribution in [2.75, 3.05) is 13.1 Å². The predicted molar refractivity (Wildman–Crippen MR) is 94.3 cm³/mol. The van der Waals surface area contributed by atoms with Gasteiger partial charge in [-0.1, -0.05) is 20.8 Å². The van der Waals surface area contributed by atoms with Crippen LogP contribution in [-0.2, 0) is 15.4 Å². The Bertz CT molecular complexity index is 813. The Labute approximate surface area is 141 Å². The first-order valence-corrected chi connectivity index (χ1v) is 10.1. The van der Waals surface area contributed by atoms with E-state index in [1.54, 1.807) is 27.8 Å². The maximum absolute atomic E-state index is 12.8. The lowest BCUT2D eigenvalue weighted by Gasteiger charge is -2.29. The largest absolute Gasteiger partial charge is 0.328 e. The summed E-state index contributed by atoms with van der Waals surface area (Å²) in [4.78, 5) is 4.97. The number of piperidine rings is 1. The summed E-state index contributed by atoms with van der Waals surface area (Å²) >= 11 is 1.57. The van der Waals surface area contributed by atoms with Crippen molar-refractivity contribution >= 4 is 31.6 Å². The number of thiazole rings is 1. The fourth-order valence-electron chi connectivity index (χ4n) is 2.65. The second-order valence-electron chi connectivity index (χ2n) is 7.14. The van der Waals surface area contributed by atoms with Crippen LogP contribution < -0.4 is 5.73 Å². The van der Waals surface area contributed by atoms with Crippen molar-refractivity contribution in [1.82, 2.24) is 9.29 Å². The summed E-state index contributed by atoms with van der Waals surface area (Å²) in [5.74, 6) is 0. The maximum atomic E-state index is 12.8. The minimum Gasteiger partial charge on any atom is -0.328 e. The van der Waals surface area contributed by atoms with E-state index >= 15 is 0 Å². The summed E-state index contributed by atoms with van der Waals surface area (Å²) in [5, 5.41) is 1.02. The number of aromatic nitrogens is 1. The Hall–Kier alpha value is -1.02. The molecule has 0 atom stereocenters. The zero-order valence-corrected chi connectivity index (χ0v) is 15.4. The molecule has 1 aromatic heterocycles. The Kier molecular flexibility index (Phi) is 4.25. The van der Waals surface area contributed by atoms with Crippen LogP contribution in [0, 0.1) is 0 Å². The highest BCUT2D eigenvalue weighted by molar-refractivity contribution is 7.89. The zero-order valence-electron chi connectivity index (χ0n) is 13.7. The van der Waals surface area contributed by atoms with Crippen LogP contribution in [0.25, 0.3) is 10.2 Å². The third-order valence-corrected chi connectivity index (χ3v) is 7.48. The summed E-state index contributed by atoms with van der Waals surface area (Å²) in [6.07, 6.45) is 1.44. The van der Waals surface area contributed by atoms with Gasteiger partial charge in [0.15, 0.2) is 0 Å². The highest BCUT2D eigenvalue weighted by Gasteiger charge is 2.29. The fraction of sp³-hybridized carbons (Fsp3) is 0.562. The zero-order chi connectivity index (χ0) is 16.8. The molecule has 3 rings (SSSR count). The van der Waals surface area contributed by atoms with E-state index in [0.717, 1.165) is 28.1 Å². The molecule has 0 aliphatic carbocycles. The molecule has 0 unspecified atom stereocenters. The summed E-state index contributed by atoms with van der Waals surface area (Å²) < 4.78 is 28.1. The van der Waals surface area contributed by atoms with Crippen LogP contribution in [0.3, 0.4) is 0 Å². The summed E-state index contributed by atoms with van der Waals surface area (Å²) in [6.45, 7) is 7.33. The van der Waals surface area contributed by atoms with Gasteiger partial charge in [-0.15, -0.1) is 11.3 Å². The third-order valence-electron chi connectivity index (χ3n) is 4.14. The first kappa shape index (κ1) is 16.8. The number of benzene rings is 1. The number of fused-ring (bicyclic) bond motifs is 1. The van der Waals surface area contributed by atoms with Gasteiger partial charge in [0.1, 0.15) is 0 Å². The first-order valence-electron chi connectivity index (χ1n) is 7.85. The van der Waals surface area contributed by atoms with Crippen LogP contribution >= 0.6 is 11.3 Å². The minimum absolute atomic E-state index is 0.0360. The quantitative estimate of drug-likeness (QED) is 0.900. The topological polar surface area (TPSA) is 76.3 Å². The van der Waals surface area contributed by atoms with Gasteiger partial charge in [0.25, 0.3) is 0 Å². The molecule has 7 heteroatoms. The van der Waals surface area contributed by atoms with Crippen molar-refractivity contribution in [2.45, 2.75) is 50.0 Å². The van der Waals surface area contributed by atoms with E-state index in [1.807, 2.05) is 6.07 Å². The smallest absolute Gasteiger partial charge is 0.243 e. The number of sulfonamides is 1. The van der Waals surface area contributed by atoms with Crippen molar-refractivity contribution in [3.8, 4) is 0 Å². The number of hydrogen-bond donors (Lipinski definition) is 1. The van der Waals surface area contributed by atoms with E-state index in [1.165, 1.54) is 0 Å². The van der Waals surface area contributed by atoms with Gasteiger partial charge in [-0.3, -0.25) is 0 Å². The molecular formula is C16H23N3O2S2. The van der Waals surface area contributed by atoms with Gasteiger partial charge in [0.05, 0.1) is 20.1 Å². The van der Waals surface area contributed by atoms with E-state index < -0.39 is 10.0 Å². The molecular weight excluding hydrogens is 330 g/mol. The van der Waals surface area contributed by atoms with Gasteiger partial charge in [0, 0.05) is 24.5 Å². The second kappa shape index (κ2) is 5.81. The molecule has 1 aliphatic heterocycles. The van der Waals surface area contributed by atoms with Crippen molar-refractivity contribution < 1.29 is 8.42 Å². The average molecular weight is 354 g/mol. The predicted octanol–water partition coefficient (Wildman–Crippen LogP) is 2.71. The van der Waals surface area contributed by atoms with Gasteiger partial charge in [-0.2, -0.15) is 4.31 Å². The van der Waals surface area contributed by atoms with Gasteiger partial charge < -0.3 is 5.73 Å². The molecule has 5 nitrogen and oxygen atoms in total. The third kappa shape index (κ3) is 3.28. The molecule has 0 saturated carbocycles. The number of rotatable bonds is 2. The maximum Gasteiger partial charge on any atom is 0.243 e. The Morgan fingerprint density at radius 3 is 2.52 bits per heavy atom. The number of nitrogens with two attached hydrogens (primary N) is 1. The molecule has 126 valence electrons. The first-order chi connectivity index (χ1) is 10.7. The lowest BCUT2D eigenvalue weighted by atomic mass is 9.98. The number of hydrogen-bond acceptors (Lipinski definition) is 5. The summed E-state index contributed by atoms with van der Waals surface area (Å²) in [7, 11) is -3.45. The SMILES string of the molecule is CC(C)(C)c1nc2ccc(S(=O)(=O)N3CCC(N)CC3)cc2s1. The lowest BCUT2D eigenvalue weighted by molar-refractivity contribution is 0.320. The monoisotopic (exact) mass is 353 g/mol. The lowest BCUT2D eigenvalue weighted by Crippen LogP contribution is -2.42. The summed E-state index contributed by atoms with van der Waals surface area (Å²) in [5.41, 5.74) is 6.69. The molecule has 23 heavy (non-hydrogen) atoms. The Morgan fingerprint density at radius 2 is 1.91 bits per heavy atom. The highest BCUT2D eigenvalue weighted by Crippen LogP contribution is 2.33. The fourth-order valence-corrected chi connectivity index (χ4v) is 5.29. The molecule has 1 saturated heterocycles. The van der Waals surface area contributed by atoms with Crippen molar-refractivity contribution in [1.29, 1.82) is 0 Å². The molecule has 1 fully saturated rings. The molecule has 2 N–H and O–H groups in total. The van der Waals surface area contributed by atoms with Gasteiger partial charge >= 0.3 is 0 Å². The second-order valence-corrected chi connectivity index (χ2v) is 10.1. The van der Waals surface area contributed by atoms with Crippen LogP contribution in [0.5, 0.6) is 0 Å². The Balaban J connectivity index is 1.96. The van der Waals surface area contributed by atoms with Crippen molar-refractivity contribution in [3.05, 3.63) is 23.2 Å². The van der Waals surface area contributed by atoms with E-state index in [4.69, 9.17) is 5.73 Å². The van der Waals surface area contributed by atoms with E-state index in [0.29, 0.717) is 18.0 Å². The normalized spacial score (nSPS) is 18.6. The standard InChI is InChI=1S/C16H23N3O2S2/c1-16(2,3)15-18-13-5-4-12(10-14(13)22-15)23(20,21)19-8-6-11(17)7-9-19/h4-5,10-11H,6-9,17H2,1-3H3. The number of nitrogens with zero attached hydrogens (tertiary/aromatic N) is 2. The van der Waals surface area contributed by atoms with Crippen LogP contribution in [0.2, 0.25) is 0 Å². The highest BCUT2D eigenvalue weighted by atomic mass is 32.2. The van der Waals surface area contributed by atoms with Crippen molar-refractivity contribution in [3.63, 3.8) is 0 Å². The molecule has 0 radical (unpaired) electrons. The van der Waals surface area contributed by atoms with E-state index in [9.17, 15) is 8.42 Å². The van der Waals surface area contributed by atoms with E-state index in [-0.39, 0.29) is 11.5 Å². The molecule has 1 aromatic carbocycles. The van der Waals surface area contributed by atoms with Crippen LogP contribution in [-0.4, -0.2) is 36.8 Å². The van der Waals surface area contributed by atoms with Crippen LogP contribution in [0.4, 0.5) is 0 Å². The molecule has 0 spiro atoms. The van der Waals surface area contributed by atoms with Gasteiger partial charge in [-0.05, 0) is 31.0 Å². The Morgan fingerprint density at radius 1 is 1.26 bits per heavy atom. The van der Waals surface area contributed by atoms with Gasteiger partial charge in [-0.25, -0.2) is 13.4 Å². The van der Waals surface area contributed by atoms with E-state index in [2.05, 4.69) is 25.8 Å². The van der Waals surface area contributed by atoms with Crippen LogP contribution in [0.1, 0.15) is 38.6 Å². The molecule has 0 amide bonds. The minimum atomic E-state index is -3.45. The average Bonchev–Trinajstić information content (AvgIpc) is 2.91. The molecule has 2 heterocycles.